The number of nitrogens with zero attached hydrogens (tertiary/aromatic N) is 1. The van der Waals surface area contributed by atoms with Gasteiger partial charge < -0.3 is 5.21 Å². The molecule has 3 heteroatoms. The zero-order chi connectivity index (χ0) is 9.56. The van der Waals surface area contributed by atoms with E-state index < -0.39 is 0 Å². The van der Waals surface area contributed by atoms with Gasteiger partial charge in [0.05, 0.1) is 5.71 Å². The van der Waals surface area contributed by atoms with Crippen molar-refractivity contribution in [2.45, 2.75) is 40.0 Å². The maximum atomic E-state index is 11.4. The number of ketones is 1. The van der Waals surface area contributed by atoms with Crippen molar-refractivity contribution in [1.29, 1.82) is 0 Å². The Kier molecular flexibility index (Phi) is 5.34. The van der Waals surface area contributed by atoms with Gasteiger partial charge in [0.2, 0.25) is 0 Å². The summed E-state index contributed by atoms with van der Waals surface area (Å²) in [4.78, 5) is 11.4. The molecule has 0 radical (unpaired) electrons. The van der Waals surface area contributed by atoms with E-state index >= 15 is 0 Å². The molecule has 0 saturated heterocycles. The molecule has 0 aromatic heterocycles. The van der Waals surface area contributed by atoms with Gasteiger partial charge in [0.25, 0.3) is 0 Å². The molecular weight excluding hydrogens is 154 g/mol. The Hall–Kier alpha value is -0.860. The van der Waals surface area contributed by atoms with Crippen LogP contribution < -0.4 is 0 Å². The third-order valence-corrected chi connectivity index (χ3v) is 2.04. The van der Waals surface area contributed by atoms with Crippen LogP contribution >= 0.6 is 0 Å². The number of oxime groups is 1. The van der Waals surface area contributed by atoms with Crippen molar-refractivity contribution in [3.05, 3.63) is 0 Å². The minimum atomic E-state index is 0.127. The summed E-state index contributed by atoms with van der Waals surface area (Å²) in [6, 6.07) is 0. The molecule has 0 aliphatic heterocycles. The van der Waals surface area contributed by atoms with Gasteiger partial charge in [-0.1, -0.05) is 19.0 Å². The van der Waals surface area contributed by atoms with E-state index in [2.05, 4.69) is 5.16 Å². The van der Waals surface area contributed by atoms with Gasteiger partial charge in [0.1, 0.15) is 5.78 Å². The van der Waals surface area contributed by atoms with Gasteiger partial charge in [-0.15, -0.1) is 0 Å². The summed E-state index contributed by atoms with van der Waals surface area (Å²) >= 11 is 0. The van der Waals surface area contributed by atoms with Gasteiger partial charge in [-0.2, -0.15) is 0 Å². The van der Waals surface area contributed by atoms with Crippen molar-refractivity contribution in [2.75, 3.05) is 0 Å². The minimum absolute atomic E-state index is 0.127. The van der Waals surface area contributed by atoms with Gasteiger partial charge in [-0.3, -0.25) is 4.79 Å². The first-order valence-corrected chi connectivity index (χ1v) is 4.35. The molecule has 70 valence electrons. The fourth-order valence-electron chi connectivity index (χ4n) is 1.18. The van der Waals surface area contributed by atoms with Crippen LogP contribution in [-0.2, 0) is 4.79 Å². The Balaban J connectivity index is 4.01. The molecule has 0 spiro atoms. The molecule has 0 aromatic carbocycles. The third-order valence-electron chi connectivity index (χ3n) is 2.04. The lowest BCUT2D eigenvalue weighted by molar-refractivity contribution is -0.121. The highest BCUT2D eigenvalue weighted by molar-refractivity contribution is 6.01. The second kappa shape index (κ2) is 5.75. The first kappa shape index (κ1) is 11.1. The lowest BCUT2D eigenvalue weighted by Gasteiger charge is -2.09. The second-order valence-corrected chi connectivity index (χ2v) is 2.99. The molecule has 3 nitrogen and oxygen atoms in total. The van der Waals surface area contributed by atoms with E-state index in [1.165, 1.54) is 0 Å². The normalized spacial score (nSPS) is 12.2. The van der Waals surface area contributed by atoms with Crippen molar-refractivity contribution in [3.8, 4) is 0 Å². The molecule has 0 aromatic rings. The predicted octanol–water partition coefficient (Wildman–Crippen LogP) is 2.23. The van der Waals surface area contributed by atoms with Crippen LogP contribution in [0, 0.1) is 5.92 Å². The quantitative estimate of drug-likeness (QED) is 0.392. The third kappa shape index (κ3) is 3.51. The van der Waals surface area contributed by atoms with Gasteiger partial charge >= 0.3 is 0 Å². The Bertz CT molecular complexity index is 171. The van der Waals surface area contributed by atoms with Crippen molar-refractivity contribution in [1.82, 2.24) is 0 Å². The molecule has 0 aliphatic rings. The van der Waals surface area contributed by atoms with E-state index in [9.17, 15) is 4.79 Å². The van der Waals surface area contributed by atoms with Crippen LogP contribution in [0.2, 0.25) is 0 Å². The van der Waals surface area contributed by atoms with Gasteiger partial charge in [-0.05, 0) is 19.8 Å². The fourth-order valence-corrected chi connectivity index (χ4v) is 1.18. The summed E-state index contributed by atoms with van der Waals surface area (Å²) in [5.41, 5.74) is 0.493. The van der Waals surface area contributed by atoms with Crippen LogP contribution in [0.3, 0.4) is 0 Å². The zero-order valence-corrected chi connectivity index (χ0v) is 8.00. The predicted molar refractivity (Wildman–Crippen MR) is 48.6 cm³/mol. The lowest BCUT2D eigenvalue weighted by Crippen LogP contribution is -2.15. The summed E-state index contributed by atoms with van der Waals surface area (Å²) in [6.07, 6.45) is 2.02. The average molecular weight is 171 g/mol. The molecule has 0 rings (SSSR count). The van der Waals surface area contributed by atoms with Crippen LogP contribution in [0.5, 0.6) is 0 Å². The monoisotopic (exact) mass is 171 g/mol. The molecule has 0 atom stereocenters. The Morgan fingerprint density at radius 1 is 1.42 bits per heavy atom. The van der Waals surface area contributed by atoms with E-state index in [0.717, 1.165) is 12.8 Å². The van der Waals surface area contributed by atoms with Crippen molar-refractivity contribution in [3.63, 3.8) is 0 Å². The number of hydrogen-bond acceptors (Lipinski definition) is 3. The SMILES string of the molecule is CCC(CC)C(=O)C/C(C)=N\O. The Morgan fingerprint density at radius 2 is 1.92 bits per heavy atom. The first-order chi connectivity index (χ1) is 5.65. The molecule has 0 aliphatic carbocycles. The highest BCUT2D eigenvalue weighted by atomic mass is 16.4. The summed E-state index contributed by atoms with van der Waals surface area (Å²) in [5, 5.41) is 11.3. The maximum Gasteiger partial charge on any atom is 0.141 e. The van der Waals surface area contributed by atoms with Crippen LogP contribution in [0.4, 0.5) is 0 Å². The molecule has 0 heterocycles. The minimum Gasteiger partial charge on any atom is -0.411 e. The molecule has 0 saturated carbocycles. The van der Waals surface area contributed by atoms with Crippen LogP contribution in [-0.4, -0.2) is 16.7 Å². The van der Waals surface area contributed by atoms with Crippen LogP contribution in [0.15, 0.2) is 5.16 Å². The topological polar surface area (TPSA) is 49.7 Å². The highest BCUT2D eigenvalue weighted by Crippen LogP contribution is 2.11. The van der Waals surface area contributed by atoms with E-state index in [0.29, 0.717) is 5.71 Å². The van der Waals surface area contributed by atoms with Gasteiger partial charge in [-0.25, -0.2) is 0 Å². The Labute approximate surface area is 73.5 Å². The van der Waals surface area contributed by atoms with Crippen LogP contribution in [0.1, 0.15) is 40.0 Å². The molecular formula is C9H17NO2. The van der Waals surface area contributed by atoms with E-state index in [1.54, 1.807) is 6.92 Å². The number of Topliss-reactive ketones (excluding diaryl/α,β-unsaturated/α-hetero) is 1. The maximum absolute atomic E-state index is 11.4. The van der Waals surface area contributed by atoms with Crippen LogP contribution in [0.25, 0.3) is 0 Å². The van der Waals surface area contributed by atoms with Crippen molar-refractivity contribution in [2.24, 2.45) is 11.1 Å². The smallest absolute Gasteiger partial charge is 0.141 e. The average Bonchev–Trinajstić information content (AvgIpc) is 2.06. The Morgan fingerprint density at radius 3 is 2.25 bits per heavy atom. The van der Waals surface area contributed by atoms with Crippen molar-refractivity contribution >= 4 is 11.5 Å². The summed E-state index contributed by atoms with van der Waals surface area (Å²) in [5.74, 6) is 0.303. The van der Waals surface area contributed by atoms with E-state index in [-0.39, 0.29) is 18.1 Å². The molecule has 0 amide bonds. The van der Waals surface area contributed by atoms with Gasteiger partial charge in [0.15, 0.2) is 0 Å². The lowest BCUT2D eigenvalue weighted by atomic mass is 9.95. The zero-order valence-electron chi connectivity index (χ0n) is 8.00. The summed E-state index contributed by atoms with van der Waals surface area (Å²) in [6.45, 7) is 5.65. The molecule has 0 bridgehead atoms. The summed E-state index contributed by atoms with van der Waals surface area (Å²) < 4.78 is 0. The van der Waals surface area contributed by atoms with E-state index in [4.69, 9.17) is 5.21 Å². The molecule has 12 heavy (non-hydrogen) atoms. The number of hydrogen-bond donors (Lipinski definition) is 1. The largest absolute Gasteiger partial charge is 0.411 e. The molecule has 1 N–H and O–H groups in total. The fraction of sp³-hybridized carbons (Fsp3) is 0.778. The van der Waals surface area contributed by atoms with Crippen molar-refractivity contribution < 1.29 is 10.0 Å². The second-order valence-electron chi connectivity index (χ2n) is 2.99. The molecule has 0 fully saturated rings. The number of carbonyl (C=O) groups is 1. The summed E-state index contributed by atoms with van der Waals surface area (Å²) in [7, 11) is 0. The number of rotatable bonds is 5. The first-order valence-electron chi connectivity index (χ1n) is 4.35. The molecule has 0 unspecified atom stereocenters. The van der Waals surface area contributed by atoms with E-state index in [1.807, 2.05) is 13.8 Å². The standard InChI is InChI=1S/C9H17NO2/c1-4-8(5-2)9(11)6-7(3)10-12/h8,12H,4-6H2,1-3H3/b10-7-. The van der Waals surface area contributed by atoms with Gasteiger partial charge in [0, 0.05) is 12.3 Å². The number of carbonyl (C=O) groups excluding carboxylic acids is 1. The highest BCUT2D eigenvalue weighted by Gasteiger charge is 2.14.